The Hall–Kier alpha value is -0.830. The van der Waals surface area contributed by atoms with Gasteiger partial charge >= 0.3 is 5.97 Å². The monoisotopic (exact) mass is 284 g/mol. The predicted octanol–water partition coefficient (Wildman–Crippen LogP) is 4.95. The second kappa shape index (κ2) is 16.2. The van der Waals surface area contributed by atoms with Crippen molar-refractivity contribution >= 4 is 5.97 Å². The van der Waals surface area contributed by atoms with E-state index in [0.29, 0.717) is 6.42 Å². The van der Waals surface area contributed by atoms with Gasteiger partial charge in [-0.1, -0.05) is 57.6 Å². The van der Waals surface area contributed by atoms with E-state index in [9.17, 15) is 4.79 Å². The van der Waals surface area contributed by atoms with Gasteiger partial charge in [-0.05, 0) is 25.7 Å². The lowest BCUT2D eigenvalue weighted by molar-refractivity contribution is -0.137. The molecular formula is C17H32O3. The number of aliphatic carboxylic acids is 1. The summed E-state index contributed by atoms with van der Waals surface area (Å²) in [4.78, 5) is 10.3. The fourth-order valence-electron chi connectivity index (χ4n) is 2.04. The van der Waals surface area contributed by atoms with Crippen molar-refractivity contribution in [3.8, 4) is 0 Å². The van der Waals surface area contributed by atoms with Crippen LogP contribution in [0, 0.1) is 0 Å². The van der Waals surface area contributed by atoms with E-state index in [1.54, 1.807) is 0 Å². The lowest BCUT2D eigenvalue weighted by Gasteiger charge is -2.02. The van der Waals surface area contributed by atoms with E-state index >= 15 is 0 Å². The van der Waals surface area contributed by atoms with Gasteiger partial charge in [-0.25, -0.2) is 0 Å². The fourth-order valence-corrected chi connectivity index (χ4v) is 2.04. The summed E-state index contributed by atoms with van der Waals surface area (Å²) in [6.45, 7) is 3.80. The van der Waals surface area contributed by atoms with E-state index in [0.717, 1.165) is 38.9 Å². The molecule has 0 aromatic heterocycles. The molecule has 0 radical (unpaired) electrons. The van der Waals surface area contributed by atoms with E-state index in [-0.39, 0.29) is 0 Å². The Morgan fingerprint density at radius 2 is 1.65 bits per heavy atom. The van der Waals surface area contributed by atoms with Gasteiger partial charge in [0.05, 0.1) is 6.61 Å². The molecule has 0 heterocycles. The highest BCUT2D eigenvalue weighted by atomic mass is 16.5. The van der Waals surface area contributed by atoms with E-state index in [1.165, 1.54) is 38.5 Å². The van der Waals surface area contributed by atoms with Crippen LogP contribution >= 0.6 is 0 Å². The quantitative estimate of drug-likeness (QED) is 0.342. The third-order valence-corrected chi connectivity index (χ3v) is 3.28. The third-order valence-electron chi connectivity index (χ3n) is 3.28. The van der Waals surface area contributed by atoms with Crippen molar-refractivity contribution in [1.29, 1.82) is 0 Å². The standard InChI is InChI=1S/C17H32O3/c1-2-3-4-5-9-12-15-20-16-13-10-7-6-8-11-14-17(18)19/h9,12H,2-8,10-11,13-16H2,1H3,(H,18,19)/b12-9+. The number of carboxylic acid groups (broad SMARTS) is 1. The number of hydrogen-bond acceptors (Lipinski definition) is 2. The Morgan fingerprint density at radius 3 is 2.35 bits per heavy atom. The SMILES string of the molecule is CCCCC/C=C/COCCCCCCCCC(=O)O. The topological polar surface area (TPSA) is 46.5 Å². The van der Waals surface area contributed by atoms with Crippen LogP contribution in [0.3, 0.4) is 0 Å². The largest absolute Gasteiger partial charge is 0.481 e. The van der Waals surface area contributed by atoms with Crippen molar-refractivity contribution in [2.45, 2.75) is 77.6 Å². The zero-order chi connectivity index (χ0) is 14.9. The first-order valence-corrected chi connectivity index (χ1v) is 8.22. The summed E-state index contributed by atoms with van der Waals surface area (Å²) < 4.78 is 5.53. The molecule has 0 aliphatic carbocycles. The zero-order valence-electron chi connectivity index (χ0n) is 13.1. The third kappa shape index (κ3) is 17.2. The number of allylic oxidation sites excluding steroid dienone is 1. The maximum atomic E-state index is 10.3. The molecule has 0 saturated heterocycles. The molecule has 0 aromatic carbocycles. The maximum Gasteiger partial charge on any atom is 0.303 e. The minimum atomic E-state index is -0.679. The molecule has 0 rings (SSSR count). The highest BCUT2D eigenvalue weighted by Crippen LogP contribution is 2.07. The van der Waals surface area contributed by atoms with Crippen LogP contribution in [0.2, 0.25) is 0 Å². The van der Waals surface area contributed by atoms with Gasteiger partial charge in [-0.3, -0.25) is 4.79 Å². The van der Waals surface area contributed by atoms with Crippen LogP contribution in [0.1, 0.15) is 77.6 Å². The van der Waals surface area contributed by atoms with Crippen LogP contribution < -0.4 is 0 Å². The first-order valence-electron chi connectivity index (χ1n) is 8.22. The smallest absolute Gasteiger partial charge is 0.303 e. The van der Waals surface area contributed by atoms with Crippen molar-refractivity contribution < 1.29 is 14.6 Å². The molecular weight excluding hydrogens is 252 g/mol. The first-order chi connectivity index (χ1) is 9.77. The predicted molar refractivity (Wildman–Crippen MR) is 84.1 cm³/mol. The highest BCUT2D eigenvalue weighted by Gasteiger charge is 1.96. The Bertz CT molecular complexity index is 236. The second-order valence-corrected chi connectivity index (χ2v) is 5.31. The van der Waals surface area contributed by atoms with Crippen LogP contribution in [0.4, 0.5) is 0 Å². The highest BCUT2D eigenvalue weighted by molar-refractivity contribution is 5.66. The van der Waals surface area contributed by atoms with E-state index in [4.69, 9.17) is 9.84 Å². The lowest BCUT2D eigenvalue weighted by Crippen LogP contribution is -1.95. The van der Waals surface area contributed by atoms with Crippen molar-refractivity contribution in [2.24, 2.45) is 0 Å². The molecule has 1 N–H and O–H groups in total. The van der Waals surface area contributed by atoms with Gasteiger partial charge in [0.2, 0.25) is 0 Å². The minimum Gasteiger partial charge on any atom is -0.481 e. The van der Waals surface area contributed by atoms with E-state index in [1.807, 2.05) is 0 Å². The van der Waals surface area contributed by atoms with Gasteiger partial charge in [-0.2, -0.15) is 0 Å². The molecule has 20 heavy (non-hydrogen) atoms. The number of carboxylic acids is 1. The summed E-state index contributed by atoms with van der Waals surface area (Å²) >= 11 is 0. The van der Waals surface area contributed by atoms with Crippen LogP contribution in [-0.2, 0) is 9.53 Å². The van der Waals surface area contributed by atoms with Gasteiger partial charge in [-0.15, -0.1) is 0 Å². The molecule has 0 amide bonds. The van der Waals surface area contributed by atoms with Crippen molar-refractivity contribution in [3.05, 3.63) is 12.2 Å². The van der Waals surface area contributed by atoms with Gasteiger partial charge in [0.25, 0.3) is 0 Å². The molecule has 3 heteroatoms. The maximum absolute atomic E-state index is 10.3. The average Bonchev–Trinajstić information content (AvgIpc) is 2.43. The Kier molecular flexibility index (Phi) is 15.6. The van der Waals surface area contributed by atoms with E-state index < -0.39 is 5.97 Å². The Morgan fingerprint density at radius 1 is 0.950 bits per heavy atom. The second-order valence-electron chi connectivity index (χ2n) is 5.31. The van der Waals surface area contributed by atoms with Crippen molar-refractivity contribution in [2.75, 3.05) is 13.2 Å². The number of rotatable bonds is 15. The molecule has 0 atom stereocenters. The summed E-state index contributed by atoms with van der Waals surface area (Å²) in [6, 6.07) is 0. The summed E-state index contributed by atoms with van der Waals surface area (Å²) in [5.74, 6) is -0.679. The van der Waals surface area contributed by atoms with Crippen molar-refractivity contribution in [1.82, 2.24) is 0 Å². The van der Waals surface area contributed by atoms with Gasteiger partial charge in [0, 0.05) is 13.0 Å². The molecule has 0 fully saturated rings. The van der Waals surface area contributed by atoms with Gasteiger partial charge in [0.1, 0.15) is 0 Å². The molecule has 0 bridgehead atoms. The normalized spacial score (nSPS) is 11.2. The molecule has 0 unspecified atom stereocenters. The lowest BCUT2D eigenvalue weighted by atomic mass is 10.1. The average molecular weight is 284 g/mol. The van der Waals surface area contributed by atoms with Crippen LogP contribution in [0.25, 0.3) is 0 Å². The number of ether oxygens (including phenoxy) is 1. The molecule has 3 nitrogen and oxygen atoms in total. The molecule has 0 spiro atoms. The number of hydrogen-bond donors (Lipinski definition) is 1. The number of carbonyl (C=O) groups is 1. The zero-order valence-corrected chi connectivity index (χ0v) is 13.1. The fraction of sp³-hybridized carbons (Fsp3) is 0.824. The summed E-state index contributed by atoms with van der Waals surface area (Å²) in [7, 11) is 0. The molecule has 118 valence electrons. The van der Waals surface area contributed by atoms with Crippen LogP contribution in [0.5, 0.6) is 0 Å². The van der Waals surface area contributed by atoms with Crippen LogP contribution in [0.15, 0.2) is 12.2 Å². The molecule has 0 aromatic rings. The Labute approximate surface area is 124 Å². The Balaban J connectivity index is 3.04. The molecule has 0 aliphatic rings. The summed E-state index contributed by atoms with van der Waals surface area (Å²) in [5.41, 5.74) is 0. The molecule has 0 saturated carbocycles. The van der Waals surface area contributed by atoms with Crippen molar-refractivity contribution in [3.63, 3.8) is 0 Å². The van der Waals surface area contributed by atoms with Gasteiger partial charge in [0.15, 0.2) is 0 Å². The first kappa shape index (κ1) is 19.2. The summed E-state index contributed by atoms with van der Waals surface area (Å²) in [5, 5.41) is 8.50. The van der Waals surface area contributed by atoms with Crippen LogP contribution in [-0.4, -0.2) is 24.3 Å². The van der Waals surface area contributed by atoms with E-state index in [2.05, 4.69) is 19.1 Å². The minimum absolute atomic E-state index is 0.313. The van der Waals surface area contributed by atoms with Gasteiger partial charge < -0.3 is 9.84 Å². The summed E-state index contributed by atoms with van der Waals surface area (Å²) in [6.07, 6.45) is 16.2. The molecule has 0 aliphatic heterocycles. The number of unbranched alkanes of at least 4 members (excludes halogenated alkanes) is 8.